The minimum Gasteiger partial charge on any atom is -0.493 e. The summed E-state index contributed by atoms with van der Waals surface area (Å²) in [5.41, 5.74) is 0.757. The second-order valence-corrected chi connectivity index (χ2v) is 2.69. The first-order valence-corrected chi connectivity index (χ1v) is 4.39. The molecule has 0 spiro atoms. The molecule has 0 amide bonds. The molecule has 1 aromatic rings. The highest BCUT2D eigenvalue weighted by atomic mass is 79.9. The van der Waals surface area contributed by atoms with E-state index in [-0.39, 0.29) is 5.28 Å². The van der Waals surface area contributed by atoms with Gasteiger partial charge in [0.1, 0.15) is 0 Å². The van der Waals surface area contributed by atoms with E-state index >= 15 is 0 Å². The zero-order chi connectivity index (χ0) is 8.27. The second-order valence-electron chi connectivity index (χ2n) is 1.79. The van der Waals surface area contributed by atoms with Crippen molar-refractivity contribution >= 4 is 27.5 Å². The number of nitrogens with zero attached hydrogens (tertiary/aromatic N) is 2. The van der Waals surface area contributed by atoms with Gasteiger partial charge in [0.2, 0.25) is 5.28 Å². The van der Waals surface area contributed by atoms with Gasteiger partial charge in [0.05, 0.1) is 19.0 Å². The molecule has 0 radical (unpaired) electrons. The number of hydrogen-bond acceptors (Lipinski definition) is 3. The summed E-state index contributed by atoms with van der Waals surface area (Å²) in [5, 5.41) is 0.846. The van der Waals surface area contributed by atoms with E-state index in [4.69, 9.17) is 16.3 Å². The van der Waals surface area contributed by atoms with E-state index in [1.165, 1.54) is 0 Å². The Morgan fingerprint density at radius 1 is 1.73 bits per heavy atom. The van der Waals surface area contributed by atoms with Crippen molar-refractivity contribution in [1.29, 1.82) is 0 Å². The van der Waals surface area contributed by atoms with Crippen LogP contribution in [0.4, 0.5) is 0 Å². The Morgan fingerprint density at radius 3 is 3.00 bits per heavy atom. The van der Waals surface area contributed by atoms with Gasteiger partial charge in [-0.2, -0.15) is 0 Å². The van der Waals surface area contributed by atoms with Gasteiger partial charge >= 0.3 is 0 Å². The largest absolute Gasteiger partial charge is 0.493 e. The number of rotatable bonds is 2. The van der Waals surface area contributed by atoms with Gasteiger partial charge in [0.25, 0.3) is 0 Å². The molecule has 0 aliphatic carbocycles. The third kappa shape index (κ3) is 2.04. The van der Waals surface area contributed by atoms with E-state index in [2.05, 4.69) is 25.9 Å². The Labute approximate surface area is 77.9 Å². The maximum atomic E-state index is 5.55. The first kappa shape index (κ1) is 8.74. The van der Waals surface area contributed by atoms with Crippen molar-refractivity contribution < 1.29 is 4.74 Å². The van der Waals surface area contributed by atoms with Crippen LogP contribution in [0.5, 0.6) is 5.75 Å². The van der Waals surface area contributed by atoms with Crippen LogP contribution in [0.3, 0.4) is 0 Å². The van der Waals surface area contributed by atoms with E-state index in [0.29, 0.717) is 11.1 Å². The van der Waals surface area contributed by atoms with Crippen LogP contribution in [0.15, 0.2) is 6.20 Å². The van der Waals surface area contributed by atoms with Crippen LogP contribution in [0.2, 0.25) is 5.28 Å². The minimum absolute atomic E-state index is 0.236. The van der Waals surface area contributed by atoms with Crippen LogP contribution in [-0.2, 0) is 5.33 Å². The highest BCUT2D eigenvalue weighted by Gasteiger charge is 2.03. The molecule has 60 valence electrons. The molecule has 0 fully saturated rings. The molecule has 0 aliphatic rings. The highest BCUT2D eigenvalue weighted by Crippen LogP contribution is 2.18. The molecule has 0 saturated carbocycles. The maximum Gasteiger partial charge on any atom is 0.222 e. The van der Waals surface area contributed by atoms with E-state index in [1.807, 2.05) is 0 Å². The lowest BCUT2D eigenvalue weighted by Gasteiger charge is -2.02. The summed E-state index contributed by atoms with van der Waals surface area (Å²) in [7, 11) is 1.57. The molecule has 1 heterocycles. The summed E-state index contributed by atoms with van der Waals surface area (Å²) in [6.45, 7) is 0. The lowest BCUT2D eigenvalue weighted by Crippen LogP contribution is -1.94. The molecule has 0 aromatic carbocycles. The fourth-order valence-corrected chi connectivity index (χ4v) is 1.20. The number of hydrogen-bond donors (Lipinski definition) is 0. The Bertz CT molecular complexity index is 256. The molecular weight excluding hydrogens is 231 g/mol. The zero-order valence-electron chi connectivity index (χ0n) is 5.84. The van der Waals surface area contributed by atoms with Gasteiger partial charge in [-0.05, 0) is 11.6 Å². The fourth-order valence-electron chi connectivity index (χ4n) is 0.648. The van der Waals surface area contributed by atoms with Crippen molar-refractivity contribution in [1.82, 2.24) is 9.97 Å². The van der Waals surface area contributed by atoms with Crippen molar-refractivity contribution in [3.8, 4) is 5.75 Å². The maximum absolute atomic E-state index is 5.55. The lowest BCUT2D eigenvalue weighted by atomic mass is 10.4. The molecule has 5 heteroatoms. The molecule has 0 aliphatic heterocycles. The van der Waals surface area contributed by atoms with Gasteiger partial charge < -0.3 is 4.74 Å². The van der Waals surface area contributed by atoms with Crippen molar-refractivity contribution in [2.24, 2.45) is 0 Å². The van der Waals surface area contributed by atoms with Crippen molar-refractivity contribution in [3.05, 3.63) is 17.2 Å². The number of ether oxygens (including phenoxy) is 1. The fraction of sp³-hybridized carbons (Fsp3) is 0.333. The van der Waals surface area contributed by atoms with Crippen LogP contribution in [-0.4, -0.2) is 17.1 Å². The average Bonchev–Trinajstić information content (AvgIpc) is 2.04. The molecule has 0 bridgehead atoms. The summed E-state index contributed by atoms with van der Waals surface area (Å²) in [4.78, 5) is 7.71. The number of alkyl halides is 1. The molecule has 1 rings (SSSR count). The minimum atomic E-state index is 0.236. The highest BCUT2D eigenvalue weighted by molar-refractivity contribution is 9.08. The number of halogens is 2. The van der Waals surface area contributed by atoms with Gasteiger partial charge in [-0.25, -0.2) is 9.97 Å². The molecule has 0 atom stereocenters. The predicted molar refractivity (Wildman–Crippen MR) is 46.2 cm³/mol. The average molecular weight is 237 g/mol. The summed E-state index contributed by atoms with van der Waals surface area (Å²) >= 11 is 8.81. The van der Waals surface area contributed by atoms with Gasteiger partial charge in [0, 0.05) is 5.33 Å². The van der Waals surface area contributed by atoms with Crippen LogP contribution in [0.25, 0.3) is 0 Å². The normalized spacial score (nSPS) is 9.73. The summed E-state index contributed by atoms with van der Waals surface area (Å²) in [5.74, 6) is 0.645. The smallest absolute Gasteiger partial charge is 0.222 e. The second kappa shape index (κ2) is 3.88. The third-order valence-corrected chi connectivity index (χ3v) is 1.86. The van der Waals surface area contributed by atoms with Crippen molar-refractivity contribution in [3.63, 3.8) is 0 Å². The quantitative estimate of drug-likeness (QED) is 0.583. The molecule has 1 aromatic heterocycles. The Kier molecular flexibility index (Phi) is 3.08. The molecule has 0 N–H and O–H groups in total. The van der Waals surface area contributed by atoms with Crippen LogP contribution in [0.1, 0.15) is 5.69 Å². The number of aromatic nitrogens is 2. The van der Waals surface area contributed by atoms with E-state index in [9.17, 15) is 0 Å². The molecular formula is C6H6BrClN2O. The third-order valence-electron chi connectivity index (χ3n) is 1.15. The van der Waals surface area contributed by atoms with Crippen molar-refractivity contribution in [2.45, 2.75) is 5.33 Å². The first-order chi connectivity index (χ1) is 5.27. The van der Waals surface area contributed by atoms with E-state index in [1.54, 1.807) is 13.3 Å². The standard InChI is InChI=1S/C6H6BrClN2O/c1-11-5-3-9-6(8)10-4(5)2-7/h3H,2H2,1H3. The molecule has 3 nitrogen and oxygen atoms in total. The van der Waals surface area contributed by atoms with E-state index in [0.717, 1.165) is 5.69 Å². The topological polar surface area (TPSA) is 35.0 Å². The summed E-state index contributed by atoms with van der Waals surface area (Å²) in [6, 6.07) is 0. The van der Waals surface area contributed by atoms with Gasteiger partial charge in [-0.3, -0.25) is 0 Å². The van der Waals surface area contributed by atoms with Crippen LogP contribution >= 0.6 is 27.5 Å². The SMILES string of the molecule is COc1cnc(Cl)nc1CBr. The summed E-state index contributed by atoms with van der Waals surface area (Å²) < 4.78 is 4.98. The Hall–Kier alpha value is -0.350. The predicted octanol–water partition coefficient (Wildman–Crippen LogP) is 2.03. The molecule has 11 heavy (non-hydrogen) atoms. The molecule has 0 unspecified atom stereocenters. The summed E-state index contributed by atoms with van der Waals surface area (Å²) in [6.07, 6.45) is 1.55. The van der Waals surface area contributed by atoms with Gasteiger partial charge in [0.15, 0.2) is 5.75 Å². The van der Waals surface area contributed by atoms with Crippen molar-refractivity contribution in [2.75, 3.05) is 7.11 Å². The van der Waals surface area contributed by atoms with E-state index < -0.39 is 0 Å². The monoisotopic (exact) mass is 236 g/mol. The zero-order valence-corrected chi connectivity index (χ0v) is 8.18. The van der Waals surface area contributed by atoms with Gasteiger partial charge in [-0.1, -0.05) is 15.9 Å². The Morgan fingerprint density at radius 2 is 2.45 bits per heavy atom. The number of methoxy groups -OCH3 is 1. The van der Waals surface area contributed by atoms with Crippen LogP contribution < -0.4 is 4.74 Å². The Balaban J connectivity index is 3.06. The van der Waals surface area contributed by atoms with Crippen LogP contribution in [0, 0.1) is 0 Å². The lowest BCUT2D eigenvalue weighted by molar-refractivity contribution is 0.406. The molecule has 0 saturated heterocycles. The first-order valence-electron chi connectivity index (χ1n) is 2.89. The van der Waals surface area contributed by atoms with Gasteiger partial charge in [-0.15, -0.1) is 0 Å².